The van der Waals surface area contributed by atoms with Crippen LogP contribution in [0.4, 0.5) is 11.5 Å². The Morgan fingerprint density at radius 2 is 2.32 bits per heavy atom. The van der Waals surface area contributed by atoms with E-state index in [2.05, 4.69) is 15.5 Å². The third-order valence-electron chi connectivity index (χ3n) is 2.88. The van der Waals surface area contributed by atoms with E-state index in [1.807, 2.05) is 6.07 Å². The first-order valence-corrected chi connectivity index (χ1v) is 7.19. The summed E-state index contributed by atoms with van der Waals surface area (Å²) in [5.74, 6) is 0.972. The maximum absolute atomic E-state index is 10.6. The van der Waals surface area contributed by atoms with Crippen LogP contribution in [0.25, 0.3) is 0 Å². The highest BCUT2D eigenvalue weighted by Crippen LogP contribution is 2.35. The third kappa shape index (κ3) is 4.79. The highest BCUT2D eigenvalue weighted by Gasteiger charge is 2.11. The third-order valence-corrected chi connectivity index (χ3v) is 3.16. The lowest BCUT2D eigenvalue weighted by molar-refractivity contribution is -0.385. The molecule has 1 aromatic carbocycles. The van der Waals surface area contributed by atoms with Gasteiger partial charge in [0.05, 0.1) is 23.3 Å². The zero-order chi connectivity index (χ0) is 18.2. The zero-order valence-corrected chi connectivity index (χ0v) is 13.7. The number of nitrogens with zero attached hydrogens (tertiary/aromatic N) is 4. The maximum Gasteiger partial charge on any atom is 0.287 e. The van der Waals surface area contributed by atoms with Crippen molar-refractivity contribution >= 4 is 29.3 Å². The van der Waals surface area contributed by atoms with Gasteiger partial charge in [0, 0.05) is 6.07 Å². The number of rotatable bonds is 7. The number of nitrogens with one attached hydrogen (secondary N) is 1. The topological polar surface area (TPSA) is 123 Å². The number of hydrogen-bond donors (Lipinski definition) is 1. The minimum atomic E-state index is -0.537. The van der Waals surface area contributed by atoms with E-state index in [0.717, 1.165) is 6.20 Å². The molecule has 0 amide bonds. The molecule has 2 aromatic rings. The van der Waals surface area contributed by atoms with Gasteiger partial charge in [-0.25, -0.2) is 4.98 Å². The molecule has 0 aliphatic carbocycles. The van der Waals surface area contributed by atoms with Crippen LogP contribution in [0.1, 0.15) is 5.56 Å². The molecule has 0 aliphatic rings. The monoisotopic (exact) mass is 361 g/mol. The molecule has 0 saturated heterocycles. The van der Waals surface area contributed by atoms with E-state index in [9.17, 15) is 10.1 Å². The van der Waals surface area contributed by atoms with Gasteiger partial charge >= 0.3 is 0 Å². The number of aromatic nitrogens is 1. The van der Waals surface area contributed by atoms with Crippen molar-refractivity contribution in [2.75, 3.05) is 19.1 Å². The van der Waals surface area contributed by atoms with E-state index in [1.165, 1.54) is 25.5 Å². The predicted molar refractivity (Wildman–Crippen MR) is 91.2 cm³/mol. The summed E-state index contributed by atoms with van der Waals surface area (Å²) in [7, 11) is 1.45. The predicted octanol–water partition coefficient (Wildman–Crippen LogP) is 3.00. The maximum atomic E-state index is 10.6. The van der Waals surface area contributed by atoms with Crippen molar-refractivity contribution in [1.82, 2.24) is 4.98 Å². The van der Waals surface area contributed by atoms with Crippen molar-refractivity contribution in [3.63, 3.8) is 0 Å². The first-order valence-electron chi connectivity index (χ1n) is 6.82. The summed E-state index contributed by atoms with van der Waals surface area (Å²) in [6, 6.07) is 7.82. The number of ether oxygens (including phenoxy) is 2. The molecular weight excluding hydrogens is 350 g/mol. The fourth-order valence-electron chi connectivity index (χ4n) is 1.79. The van der Waals surface area contributed by atoms with Gasteiger partial charge in [-0.1, -0.05) is 11.6 Å². The molecule has 0 unspecified atom stereocenters. The summed E-state index contributed by atoms with van der Waals surface area (Å²) < 4.78 is 10.4. The number of nitriles is 1. The summed E-state index contributed by atoms with van der Waals surface area (Å²) in [5, 5.41) is 23.4. The second-order valence-electron chi connectivity index (χ2n) is 4.51. The summed E-state index contributed by atoms with van der Waals surface area (Å²) in [5.41, 5.74) is 3.14. The van der Waals surface area contributed by atoms with E-state index in [4.69, 9.17) is 26.3 Å². The highest BCUT2D eigenvalue weighted by atomic mass is 35.5. The van der Waals surface area contributed by atoms with Crippen LogP contribution < -0.4 is 14.9 Å². The van der Waals surface area contributed by atoms with Gasteiger partial charge in [0.25, 0.3) is 5.69 Å². The molecule has 10 heteroatoms. The standard InChI is InChI=1S/C15H12ClN5O4/c1-24-13-7-10(6-12(16)15(13)25-5-4-17)8-19-20-14-3-2-11(9-18-14)21(22)23/h2-3,6-9H,5H2,1H3,(H,18,20)/b19-8+. The molecule has 0 radical (unpaired) electrons. The van der Waals surface area contributed by atoms with E-state index in [0.29, 0.717) is 17.1 Å². The number of benzene rings is 1. The Bertz CT molecular complexity index is 833. The van der Waals surface area contributed by atoms with Gasteiger partial charge in [-0.15, -0.1) is 0 Å². The molecule has 0 saturated carbocycles. The van der Waals surface area contributed by atoms with Crippen LogP contribution in [0, 0.1) is 21.4 Å². The lowest BCUT2D eigenvalue weighted by Crippen LogP contribution is -1.99. The molecule has 0 bridgehead atoms. The van der Waals surface area contributed by atoms with Gasteiger partial charge in [-0.3, -0.25) is 15.5 Å². The fourth-order valence-corrected chi connectivity index (χ4v) is 2.07. The molecule has 25 heavy (non-hydrogen) atoms. The smallest absolute Gasteiger partial charge is 0.287 e. The summed E-state index contributed by atoms with van der Waals surface area (Å²) in [6.45, 7) is -0.156. The summed E-state index contributed by atoms with van der Waals surface area (Å²) >= 11 is 6.12. The normalized spacial score (nSPS) is 10.3. The lowest BCUT2D eigenvalue weighted by atomic mass is 10.2. The first kappa shape index (κ1) is 18.0. The molecule has 0 aliphatic heterocycles. The van der Waals surface area contributed by atoms with Crippen molar-refractivity contribution in [3.05, 3.63) is 51.2 Å². The zero-order valence-electron chi connectivity index (χ0n) is 13.0. The molecular formula is C15H12ClN5O4. The van der Waals surface area contributed by atoms with E-state index in [1.54, 1.807) is 12.1 Å². The number of methoxy groups -OCH3 is 1. The SMILES string of the molecule is COc1cc(/C=N/Nc2ccc([N+](=O)[O-])cn2)cc(Cl)c1OCC#N. The molecule has 0 atom stereocenters. The first-order chi connectivity index (χ1) is 12.0. The minimum absolute atomic E-state index is 0.112. The Balaban J connectivity index is 2.11. The van der Waals surface area contributed by atoms with Crippen molar-refractivity contribution in [1.29, 1.82) is 5.26 Å². The Hall–Kier alpha value is -3.38. The minimum Gasteiger partial charge on any atom is -0.493 e. The Labute approximate surface area is 147 Å². The van der Waals surface area contributed by atoms with Gasteiger partial charge < -0.3 is 9.47 Å². The van der Waals surface area contributed by atoms with E-state index < -0.39 is 4.92 Å². The lowest BCUT2D eigenvalue weighted by Gasteiger charge is -2.11. The molecule has 9 nitrogen and oxygen atoms in total. The Morgan fingerprint density at radius 1 is 1.52 bits per heavy atom. The van der Waals surface area contributed by atoms with Crippen LogP contribution in [0.2, 0.25) is 5.02 Å². The van der Waals surface area contributed by atoms with Gasteiger partial charge in [0.15, 0.2) is 18.1 Å². The number of nitro groups is 1. The van der Waals surface area contributed by atoms with Crippen LogP contribution in [0.15, 0.2) is 35.6 Å². The van der Waals surface area contributed by atoms with Crippen molar-refractivity contribution in [3.8, 4) is 17.6 Å². The van der Waals surface area contributed by atoms with Crippen LogP contribution in [-0.2, 0) is 0 Å². The second kappa shape index (κ2) is 8.47. The second-order valence-corrected chi connectivity index (χ2v) is 4.92. The van der Waals surface area contributed by atoms with E-state index >= 15 is 0 Å². The molecule has 1 N–H and O–H groups in total. The van der Waals surface area contributed by atoms with Crippen molar-refractivity contribution in [2.45, 2.75) is 0 Å². The van der Waals surface area contributed by atoms with Gasteiger partial charge in [-0.2, -0.15) is 10.4 Å². The number of pyridine rings is 1. The Morgan fingerprint density at radius 3 is 2.92 bits per heavy atom. The molecule has 128 valence electrons. The Kier molecular flexibility index (Phi) is 6.08. The average Bonchev–Trinajstić information content (AvgIpc) is 2.61. The van der Waals surface area contributed by atoms with Gasteiger partial charge in [0.1, 0.15) is 18.1 Å². The van der Waals surface area contributed by atoms with Gasteiger partial charge in [-0.05, 0) is 23.8 Å². The van der Waals surface area contributed by atoms with Crippen LogP contribution in [0.3, 0.4) is 0 Å². The average molecular weight is 362 g/mol. The van der Waals surface area contributed by atoms with Crippen molar-refractivity contribution < 1.29 is 14.4 Å². The van der Waals surface area contributed by atoms with Crippen LogP contribution in [-0.4, -0.2) is 29.8 Å². The summed E-state index contributed by atoms with van der Waals surface area (Å²) in [4.78, 5) is 13.9. The summed E-state index contributed by atoms with van der Waals surface area (Å²) in [6.07, 6.45) is 2.59. The molecule has 0 spiro atoms. The van der Waals surface area contributed by atoms with Crippen LogP contribution >= 0.6 is 11.6 Å². The van der Waals surface area contributed by atoms with E-state index in [-0.39, 0.29) is 23.1 Å². The number of halogens is 1. The van der Waals surface area contributed by atoms with Gasteiger partial charge in [0.2, 0.25) is 0 Å². The number of anilines is 1. The molecule has 0 fully saturated rings. The number of hydrogen-bond acceptors (Lipinski definition) is 8. The molecule has 1 aromatic heterocycles. The highest BCUT2D eigenvalue weighted by molar-refractivity contribution is 6.32. The molecule has 2 rings (SSSR count). The largest absolute Gasteiger partial charge is 0.493 e. The quantitative estimate of drug-likeness (QED) is 0.456. The molecule has 1 heterocycles. The fraction of sp³-hybridized carbons (Fsp3) is 0.133. The van der Waals surface area contributed by atoms with Crippen LogP contribution in [0.5, 0.6) is 11.5 Å². The van der Waals surface area contributed by atoms with Crippen molar-refractivity contribution in [2.24, 2.45) is 5.10 Å². The number of hydrazone groups is 1.